The van der Waals surface area contributed by atoms with E-state index in [9.17, 15) is 0 Å². The molecule has 0 atom stereocenters. The molecule has 0 aliphatic rings. The molecule has 0 heterocycles. The maximum atomic E-state index is 2.74. The molecule has 0 fully saturated rings. The van der Waals surface area contributed by atoms with E-state index in [1.165, 1.54) is 11.7 Å². The number of hydrogen-bond donors (Lipinski definition) is 0. The molecule has 0 aromatic heterocycles. The van der Waals surface area contributed by atoms with Gasteiger partial charge in [0.15, 0.2) is 0 Å². The molecule has 0 aromatic carbocycles. The van der Waals surface area contributed by atoms with Crippen LogP contribution in [0.1, 0.15) is 27.2 Å². The Bertz CT molecular complexity index is 42.6. The molecule has 0 amide bonds. The van der Waals surface area contributed by atoms with Crippen LogP contribution in [0.4, 0.5) is 0 Å². The van der Waals surface area contributed by atoms with Crippen molar-refractivity contribution in [3.05, 3.63) is 0 Å². The summed E-state index contributed by atoms with van der Waals surface area (Å²) in [5, 5.41) is 1.23. The van der Waals surface area contributed by atoms with Crippen LogP contribution in [0.3, 0.4) is 0 Å². The zero-order valence-electron chi connectivity index (χ0n) is 5.49. The van der Waals surface area contributed by atoms with Crippen molar-refractivity contribution in [3.8, 4) is 0 Å². The van der Waals surface area contributed by atoms with E-state index in [2.05, 4.69) is 37.1 Å². The van der Waals surface area contributed by atoms with Gasteiger partial charge in [0.05, 0.1) is 0 Å². The van der Waals surface area contributed by atoms with Crippen molar-refractivity contribution in [3.63, 3.8) is 0 Å². The minimum atomic E-state index is 0.530. The van der Waals surface area contributed by atoms with Crippen LogP contribution in [0.5, 0.6) is 0 Å². The van der Waals surface area contributed by atoms with Gasteiger partial charge in [0.25, 0.3) is 0 Å². The van der Waals surface area contributed by atoms with Crippen LogP contribution in [-0.4, -0.2) is 16.3 Å². The van der Waals surface area contributed by atoms with Gasteiger partial charge < -0.3 is 0 Å². The van der Waals surface area contributed by atoms with Gasteiger partial charge in [0, 0.05) is 0 Å². The summed E-state index contributed by atoms with van der Waals surface area (Å²) >= 11 is 2.74. The average Bonchev–Trinajstić information content (AvgIpc) is 1.30. The molecular weight excluding hydrogens is 99.0 g/mol. The third-order valence-electron chi connectivity index (χ3n) is 0.894. The normalized spacial score (nSPS) is 12.1. The van der Waals surface area contributed by atoms with Gasteiger partial charge in [-0.2, -0.15) is 0 Å². The molecule has 7 heavy (non-hydrogen) atoms. The molecule has 0 aromatic rings. The summed E-state index contributed by atoms with van der Waals surface area (Å²) in [4.78, 5) is 0. The SMILES string of the molecule is CC(C)(C)C[CH2][Al+2]. The fraction of sp³-hybridized carbons (Fsp3) is 1.00. The second-order valence-electron chi connectivity index (χ2n) is 3.10. The van der Waals surface area contributed by atoms with Gasteiger partial charge in [-0.1, -0.05) is 0 Å². The van der Waals surface area contributed by atoms with Gasteiger partial charge in [-0.15, -0.1) is 0 Å². The molecule has 0 N–H and O–H groups in total. The maximum absolute atomic E-state index is 2.74. The molecular formula is C6H13Al+2. The molecule has 0 saturated carbocycles. The Morgan fingerprint density at radius 1 is 1.29 bits per heavy atom. The summed E-state index contributed by atoms with van der Waals surface area (Å²) in [6.45, 7) is 6.78. The Morgan fingerprint density at radius 3 is 1.71 bits per heavy atom. The summed E-state index contributed by atoms with van der Waals surface area (Å²) in [5.41, 5.74) is 0.530. The fourth-order valence-electron chi connectivity index (χ4n) is 0.433. The number of rotatable bonds is 1. The summed E-state index contributed by atoms with van der Waals surface area (Å²) in [6.07, 6.45) is 1.30. The van der Waals surface area contributed by atoms with Crippen LogP contribution < -0.4 is 0 Å². The van der Waals surface area contributed by atoms with Crippen LogP contribution in [0.2, 0.25) is 5.28 Å². The topological polar surface area (TPSA) is 0 Å². The van der Waals surface area contributed by atoms with Crippen molar-refractivity contribution >= 4 is 16.3 Å². The Labute approximate surface area is 54.7 Å². The van der Waals surface area contributed by atoms with Gasteiger partial charge in [0.2, 0.25) is 0 Å². The van der Waals surface area contributed by atoms with Crippen molar-refractivity contribution in [1.82, 2.24) is 0 Å². The van der Waals surface area contributed by atoms with E-state index in [0.717, 1.165) is 0 Å². The second kappa shape index (κ2) is 2.75. The summed E-state index contributed by atoms with van der Waals surface area (Å²) in [7, 11) is 0. The van der Waals surface area contributed by atoms with Crippen molar-refractivity contribution < 1.29 is 0 Å². The molecule has 0 spiro atoms. The van der Waals surface area contributed by atoms with E-state index >= 15 is 0 Å². The Morgan fingerprint density at radius 2 is 1.71 bits per heavy atom. The van der Waals surface area contributed by atoms with Crippen LogP contribution in [0.15, 0.2) is 0 Å². The first kappa shape index (κ1) is 7.53. The molecule has 0 radical (unpaired) electrons. The summed E-state index contributed by atoms with van der Waals surface area (Å²) in [6, 6.07) is 0. The second-order valence-corrected chi connectivity index (χ2v) is 3.68. The van der Waals surface area contributed by atoms with Crippen LogP contribution >= 0.6 is 0 Å². The van der Waals surface area contributed by atoms with E-state index in [-0.39, 0.29) is 0 Å². The van der Waals surface area contributed by atoms with E-state index in [4.69, 9.17) is 0 Å². The van der Waals surface area contributed by atoms with Gasteiger partial charge in [-0.05, 0) is 0 Å². The van der Waals surface area contributed by atoms with Gasteiger partial charge in [0.1, 0.15) is 0 Å². The Kier molecular flexibility index (Phi) is 2.96. The molecule has 1 heteroatoms. The average molecular weight is 112 g/mol. The Balaban J connectivity index is 3.15. The van der Waals surface area contributed by atoms with Crippen molar-refractivity contribution in [2.45, 2.75) is 32.5 Å². The zero-order valence-corrected chi connectivity index (χ0v) is 6.65. The first-order valence-corrected chi connectivity index (χ1v) is 3.58. The zero-order chi connectivity index (χ0) is 5.91. The van der Waals surface area contributed by atoms with Crippen LogP contribution in [0.25, 0.3) is 0 Å². The molecule has 0 bridgehead atoms. The summed E-state index contributed by atoms with van der Waals surface area (Å²) in [5.74, 6) is 0. The summed E-state index contributed by atoms with van der Waals surface area (Å²) < 4.78 is 0. The van der Waals surface area contributed by atoms with E-state index in [0.29, 0.717) is 5.41 Å². The van der Waals surface area contributed by atoms with E-state index < -0.39 is 0 Å². The van der Waals surface area contributed by atoms with Crippen molar-refractivity contribution in [2.75, 3.05) is 0 Å². The molecule has 0 unspecified atom stereocenters. The monoisotopic (exact) mass is 112 g/mol. The van der Waals surface area contributed by atoms with Gasteiger partial charge >= 0.3 is 54.2 Å². The van der Waals surface area contributed by atoms with Crippen LogP contribution in [0, 0.1) is 5.41 Å². The quantitative estimate of drug-likeness (QED) is 0.455. The van der Waals surface area contributed by atoms with Crippen LogP contribution in [-0.2, 0) is 0 Å². The molecule has 0 aliphatic heterocycles. The van der Waals surface area contributed by atoms with Crippen molar-refractivity contribution in [1.29, 1.82) is 0 Å². The standard InChI is InChI=1S/C6H13.Al/c1-5-6(2,3)4;/h1,5H2,2-4H3;/q;+2. The van der Waals surface area contributed by atoms with Gasteiger partial charge in [-0.3, -0.25) is 0 Å². The van der Waals surface area contributed by atoms with Gasteiger partial charge in [-0.25, -0.2) is 0 Å². The predicted octanol–water partition coefficient (Wildman–Crippen LogP) is 2.01. The molecule has 38 valence electrons. The first-order valence-electron chi connectivity index (χ1n) is 2.76. The first-order chi connectivity index (χ1) is 3.06. The molecule has 0 rings (SSSR count). The molecule has 0 saturated heterocycles. The Hall–Kier alpha value is 0.532. The predicted molar refractivity (Wildman–Crippen MR) is 34.6 cm³/mol. The third-order valence-corrected chi connectivity index (χ3v) is 1.18. The van der Waals surface area contributed by atoms with Crippen molar-refractivity contribution in [2.24, 2.45) is 5.41 Å². The third kappa shape index (κ3) is 6.53. The molecule has 0 nitrogen and oxygen atoms in total. The molecule has 0 aliphatic carbocycles. The van der Waals surface area contributed by atoms with E-state index in [1.807, 2.05) is 0 Å². The van der Waals surface area contributed by atoms with E-state index in [1.54, 1.807) is 0 Å². The fourth-order valence-corrected chi connectivity index (χ4v) is 1.30. The number of hydrogen-bond acceptors (Lipinski definition) is 0. The minimum absolute atomic E-state index is 0.530.